The summed E-state index contributed by atoms with van der Waals surface area (Å²) >= 11 is 0. The molecule has 3 nitrogen and oxygen atoms in total. The molecule has 1 N–H and O–H groups in total. The highest BCUT2D eigenvalue weighted by Gasteiger charge is 2.44. The van der Waals surface area contributed by atoms with E-state index < -0.39 is 0 Å². The molecule has 3 heteroatoms. The number of hydrogen-bond acceptors (Lipinski definition) is 3. The second-order valence-corrected chi connectivity index (χ2v) is 6.14. The summed E-state index contributed by atoms with van der Waals surface area (Å²) < 4.78 is 5.64. The molecule has 2 unspecified atom stereocenters. The van der Waals surface area contributed by atoms with E-state index in [-0.39, 0.29) is 5.54 Å². The Balaban J connectivity index is 2.14. The molecule has 0 bridgehead atoms. The molecule has 0 aromatic carbocycles. The van der Waals surface area contributed by atoms with Crippen LogP contribution in [0.4, 0.5) is 0 Å². The van der Waals surface area contributed by atoms with Crippen LogP contribution in [-0.4, -0.2) is 48.3 Å². The predicted octanol–water partition coefficient (Wildman–Crippen LogP) is 2.02. The highest BCUT2D eigenvalue weighted by molar-refractivity contribution is 5.02. The molecule has 2 aliphatic heterocycles. The van der Waals surface area contributed by atoms with E-state index in [0.717, 1.165) is 19.8 Å². The molecular formula is C14H28N2O. The summed E-state index contributed by atoms with van der Waals surface area (Å²) in [5.74, 6) is 0. The maximum absolute atomic E-state index is 5.64. The lowest BCUT2D eigenvalue weighted by molar-refractivity contribution is -0.0100. The van der Waals surface area contributed by atoms with Gasteiger partial charge < -0.3 is 10.1 Å². The summed E-state index contributed by atoms with van der Waals surface area (Å²) in [4.78, 5) is 2.70. The molecular weight excluding hydrogens is 212 g/mol. The van der Waals surface area contributed by atoms with E-state index in [1.165, 1.54) is 25.8 Å². The van der Waals surface area contributed by atoms with Crippen LogP contribution >= 0.6 is 0 Å². The molecule has 0 radical (unpaired) electrons. The highest BCUT2D eigenvalue weighted by Crippen LogP contribution is 2.33. The summed E-state index contributed by atoms with van der Waals surface area (Å²) in [5, 5.41) is 3.77. The van der Waals surface area contributed by atoms with Crippen LogP contribution < -0.4 is 5.32 Å². The predicted molar refractivity (Wildman–Crippen MR) is 71.3 cm³/mol. The number of piperazine rings is 1. The second kappa shape index (κ2) is 4.87. The lowest BCUT2D eigenvalue weighted by atomic mass is 9.85. The zero-order valence-corrected chi connectivity index (χ0v) is 11.9. The van der Waals surface area contributed by atoms with Gasteiger partial charge in [-0.3, -0.25) is 4.90 Å². The first-order valence-electron chi connectivity index (χ1n) is 7.15. The van der Waals surface area contributed by atoms with Crippen molar-refractivity contribution in [1.29, 1.82) is 0 Å². The van der Waals surface area contributed by atoms with Gasteiger partial charge >= 0.3 is 0 Å². The summed E-state index contributed by atoms with van der Waals surface area (Å²) in [5.41, 5.74) is 0.579. The van der Waals surface area contributed by atoms with Gasteiger partial charge in [0, 0.05) is 36.8 Å². The highest BCUT2D eigenvalue weighted by atomic mass is 16.5. The van der Waals surface area contributed by atoms with Crippen LogP contribution in [0.1, 0.15) is 47.0 Å². The normalized spacial score (nSPS) is 38.5. The van der Waals surface area contributed by atoms with Crippen molar-refractivity contribution in [2.75, 3.05) is 26.3 Å². The Morgan fingerprint density at radius 2 is 2.06 bits per heavy atom. The molecule has 2 rings (SSSR count). The Hall–Kier alpha value is -0.120. The van der Waals surface area contributed by atoms with E-state index in [1.807, 2.05) is 0 Å². The van der Waals surface area contributed by atoms with Crippen molar-refractivity contribution in [3.05, 3.63) is 0 Å². The topological polar surface area (TPSA) is 24.5 Å². The minimum absolute atomic E-state index is 0.261. The first-order valence-corrected chi connectivity index (χ1v) is 7.15. The van der Waals surface area contributed by atoms with Crippen LogP contribution in [0.5, 0.6) is 0 Å². The zero-order valence-electron chi connectivity index (χ0n) is 11.9. The van der Waals surface area contributed by atoms with Crippen LogP contribution in [0.2, 0.25) is 0 Å². The van der Waals surface area contributed by atoms with Gasteiger partial charge in [-0.2, -0.15) is 0 Å². The van der Waals surface area contributed by atoms with Gasteiger partial charge in [0.2, 0.25) is 0 Å². The van der Waals surface area contributed by atoms with Crippen molar-refractivity contribution in [2.45, 2.75) is 64.1 Å². The van der Waals surface area contributed by atoms with Gasteiger partial charge in [0.05, 0.1) is 6.61 Å². The number of nitrogens with zero attached hydrogens (tertiary/aromatic N) is 1. The molecule has 2 fully saturated rings. The van der Waals surface area contributed by atoms with Crippen LogP contribution in [0.25, 0.3) is 0 Å². The lowest BCUT2D eigenvalue weighted by Crippen LogP contribution is -2.68. The Kier molecular flexibility index (Phi) is 3.81. The standard InChI is InChI=1S/C14H28N2O/c1-5-14(6-2)10-16(12(3)9-15-14)13(4)7-8-17-11-13/h12,15H,5-11H2,1-4H3. The summed E-state index contributed by atoms with van der Waals surface area (Å²) in [6.45, 7) is 13.4. The molecule has 0 aromatic heterocycles. The van der Waals surface area contributed by atoms with Crippen LogP contribution in [0.15, 0.2) is 0 Å². The van der Waals surface area contributed by atoms with Gasteiger partial charge in [0.25, 0.3) is 0 Å². The Bertz CT molecular complexity index is 257. The number of nitrogens with one attached hydrogen (secondary N) is 1. The molecule has 17 heavy (non-hydrogen) atoms. The van der Waals surface area contributed by atoms with Crippen molar-refractivity contribution in [2.24, 2.45) is 0 Å². The van der Waals surface area contributed by atoms with Gasteiger partial charge in [-0.25, -0.2) is 0 Å². The minimum atomic E-state index is 0.261. The van der Waals surface area contributed by atoms with E-state index in [2.05, 4.69) is 37.9 Å². The van der Waals surface area contributed by atoms with E-state index in [4.69, 9.17) is 4.74 Å². The van der Waals surface area contributed by atoms with Crippen molar-refractivity contribution < 1.29 is 4.74 Å². The summed E-state index contributed by atoms with van der Waals surface area (Å²) in [6, 6.07) is 0.618. The molecule has 0 spiro atoms. The molecule has 2 aliphatic rings. The Morgan fingerprint density at radius 1 is 1.35 bits per heavy atom. The van der Waals surface area contributed by atoms with Gasteiger partial charge in [-0.05, 0) is 33.1 Å². The lowest BCUT2D eigenvalue weighted by Gasteiger charge is -2.52. The summed E-state index contributed by atoms with van der Waals surface area (Å²) in [6.07, 6.45) is 3.61. The SMILES string of the molecule is CCC1(CC)CN(C2(C)CCOC2)C(C)CN1. The first-order chi connectivity index (χ1) is 8.05. The molecule has 2 heterocycles. The second-order valence-electron chi connectivity index (χ2n) is 6.14. The fourth-order valence-electron chi connectivity index (χ4n) is 3.34. The average molecular weight is 240 g/mol. The third-order valence-corrected chi connectivity index (χ3v) is 5.02. The maximum Gasteiger partial charge on any atom is 0.0648 e. The molecule has 0 aromatic rings. The quantitative estimate of drug-likeness (QED) is 0.817. The van der Waals surface area contributed by atoms with Crippen molar-refractivity contribution >= 4 is 0 Å². The largest absolute Gasteiger partial charge is 0.379 e. The van der Waals surface area contributed by atoms with Gasteiger partial charge in [0.15, 0.2) is 0 Å². The fraction of sp³-hybridized carbons (Fsp3) is 1.00. The summed E-state index contributed by atoms with van der Waals surface area (Å²) in [7, 11) is 0. The molecule has 2 atom stereocenters. The van der Waals surface area contributed by atoms with E-state index in [0.29, 0.717) is 11.6 Å². The van der Waals surface area contributed by atoms with Gasteiger partial charge in [-0.1, -0.05) is 13.8 Å². The maximum atomic E-state index is 5.64. The Labute approximate surface area is 106 Å². The van der Waals surface area contributed by atoms with Crippen LogP contribution in [-0.2, 0) is 4.74 Å². The number of ether oxygens (including phenoxy) is 1. The first kappa shape index (κ1) is 13.3. The molecule has 0 amide bonds. The minimum Gasteiger partial charge on any atom is -0.379 e. The van der Waals surface area contributed by atoms with Crippen LogP contribution in [0, 0.1) is 0 Å². The van der Waals surface area contributed by atoms with Crippen molar-refractivity contribution in [3.63, 3.8) is 0 Å². The van der Waals surface area contributed by atoms with E-state index in [1.54, 1.807) is 0 Å². The number of rotatable bonds is 3. The molecule has 100 valence electrons. The fourth-order valence-corrected chi connectivity index (χ4v) is 3.34. The Morgan fingerprint density at radius 3 is 2.59 bits per heavy atom. The van der Waals surface area contributed by atoms with Gasteiger partial charge in [0.1, 0.15) is 0 Å². The monoisotopic (exact) mass is 240 g/mol. The number of hydrogen-bond donors (Lipinski definition) is 1. The van der Waals surface area contributed by atoms with E-state index >= 15 is 0 Å². The van der Waals surface area contributed by atoms with Crippen molar-refractivity contribution in [1.82, 2.24) is 10.2 Å². The average Bonchev–Trinajstić information content (AvgIpc) is 2.78. The van der Waals surface area contributed by atoms with E-state index in [9.17, 15) is 0 Å². The van der Waals surface area contributed by atoms with Crippen LogP contribution in [0.3, 0.4) is 0 Å². The third kappa shape index (κ3) is 2.38. The molecule has 0 aliphatic carbocycles. The van der Waals surface area contributed by atoms with Gasteiger partial charge in [-0.15, -0.1) is 0 Å². The zero-order chi connectivity index (χ0) is 12.5. The molecule has 2 saturated heterocycles. The molecule has 0 saturated carbocycles. The third-order valence-electron chi connectivity index (χ3n) is 5.02. The smallest absolute Gasteiger partial charge is 0.0648 e. The van der Waals surface area contributed by atoms with Crippen molar-refractivity contribution in [3.8, 4) is 0 Å².